The summed E-state index contributed by atoms with van der Waals surface area (Å²) < 4.78 is 27.4. The molecule has 0 bridgehead atoms. The molecule has 22 heavy (non-hydrogen) atoms. The average molecular weight is 326 g/mol. The van der Waals surface area contributed by atoms with E-state index < -0.39 is 27.6 Å². The first kappa shape index (κ1) is 16.6. The van der Waals surface area contributed by atoms with Crippen LogP contribution in [-0.4, -0.2) is 39.1 Å². The summed E-state index contributed by atoms with van der Waals surface area (Å²) in [5.41, 5.74) is 6.74. The van der Waals surface area contributed by atoms with Crippen LogP contribution >= 0.6 is 0 Å². The fourth-order valence-electron chi connectivity index (χ4n) is 2.28. The lowest BCUT2D eigenvalue weighted by molar-refractivity contribution is -0.105. The summed E-state index contributed by atoms with van der Waals surface area (Å²) in [6.07, 6.45) is 0.520. The van der Waals surface area contributed by atoms with Crippen molar-refractivity contribution in [2.45, 2.75) is 24.6 Å². The molecule has 0 aliphatic carbocycles. The summed E-state index contributed by atoms with van der Waals surface area (Å²) in [6, 6.07) is 3.65. The summed E-state index contributed by atoms with van der Waals surface area (Å²) in [5, 5.41) is 2.48. The number of amides is 1. The number of halogens is 1. The molecule has 0 radical (unpaired) electrons. The first-order valence-electron chi connectivity index (χ1n) is 6.74. The first-order chi connectivity index (χ1) is 10.3. The SMILES string of the molecule is CN1C[C@@H](c2cc(NC=O)ccc2F)N=C(N)C(C)(C)S1=O. The van der Waals surface area contributed by atoms with Crippen molar-refractivity contribution in [2.75, 3.05) is 18.9 Å². The molecule has 2 atom stereocenters. The van der Waals surface area contributed by atoms with Gasteiger partial charge in [0.25, 0.3) is 0 Å². The standard InChI is InChI=1S/C14H19FN4O2S/c1-14(2)13(16)18-12(7-19(3)22(14)21)10-6-9(17-8-20)4-5-11(10)15/h4-6,8,12H,7H2,1-3H3,(H2,16,18)(H,17,20)/t12-,22?/m0/s1. The number of aliphatic imine (C=N–C) groups is 1. The zero-order valence-corrected chi connectivity index (χ0v) is 13.5. The Morgan fingerprint density at radius 2 is 2.23 bits per heavy atom. The Hall–Kier alpha value is -1.80. The van der Waals surface area contributed by atoms with Crippen LogP contribution in [-0.2, 0) is 15.8 Å². The van der Waals surface area contributed by atoms with E-state index in [0.717, 1.165) is 0 Å². The highest BCUT2D eigenvalue weighted by Gasteiger charge is 2.38. The Bertz CT molecular complexity index is 648. The second-order valence-electron chi connectivity index (χ2n) is 5.60. The maximum atomic E-state index is 14.2. The molecule has 0 spiro atoms. The van der Waals surface area contributed by atoms with E-state index in [1.165, 1.54) is 18.2 Å². The Morgan fingerprint density at radius 3 is 2.86 bits per heavy atom. The van der Waals surface area contributed by atoms with Gasteiger partial charge in [-0.15, -0.1) is 0 Å². The fraction of sp³-hybridized carbons (Fsp3) is 0.429. The molecule has 1 amide bonds. The highest BCUT2D eigenvalue weighted by molar-refractivity contribution is 7.85. The third kappa shape index (κ3) is 3.02. The number of likely N-dealkylation sites (N-methyl/N-ethyl adjacent to an activating group) is 1. The van der Waals surface area contributed by atoms with Gasteiger partial charge in [0.1, 0.15) is 27.4 Å². The van der Waals surface area contributed by atoms with Crippen LogP contribution in [0, 0.1) is 5.82 Å². The zero-order chi connectivity index (χ0) is 16.5. The Kier molecular flexibility index (Phi) is 4.62. The van der Waals surface area contributed by atoms with Gasteiger partial charge in [-0.2, -0.15) is 0 Å². The molecular formula is C14H19FN4O2S. The van der Waals surface area contributed by atoms with E-state index in [1.807, 2.05) is 0 Å². The van der Waals surface area contributed by atoms with Crippen molar-refractivity contribution in [1.29, 1.82) is 0 Å². The number of hydrogen-bond acceptors (Lipinski definition) is 4. The third-order valence-corrected chi connectivity index (χ3v) is 5.44. The summed E-state index contributed by atoms with van der Waals surface area (Å²) in [7, 11) is 0.316. The van der Waals surface area contributed by atoms with Crippen LogP contribution in [0.1, 0.15) is 25.5 Å². The van der Waals surface area contributed by atoms with Gasteiger partial charge in [0.2, 0.25) is 6.41 Å². The monoisotopic (exact) mass is 326 g/mol. The predicted octanol–water partition coefficient (Wildman–Crippen LogP) is 1.18. The van der Waals surface area contributed by atoms with Crippen molar-refractivity contribution >= 4 is 28.9 Å². The number of benzene rings is 1. The zero-order valence-electron chi connectivity index (χ0n) is 12.7. The van der Waals surface area contributed by atoms with E-state index in [0.29, 0.717) is 17.7 Å². The van der Waals surface area contributed by atoms with Gasteiger partial charge in [-0.05, 0) is 39.1 Å². The smallest absolute Gasteiger partial charge is 0.211 e. The normalized spacial score (nSPS) is 25.2. The van der Waals surface area contributed by atoms with Gasteiger partial charge < -0.3 is 11.1 Å². The third-order valence-electron chi connectivity index (χ3n) is 3.64. The van der Waals surface area contributed by atoms with E-state index in [4.69, 9.17) is 5.73 Å². The number of anilines is 1. The molecule has 0 fully saturated rings. The molecule has 1 heterocycles. The van der Waals surface area contributed by atoms with Gasteiger partial charge in [0, 0.05) is 17.8 Å². The van der Waals surface area contributed by atoms with Crippen LogP contribution in [0.25, 0.3) is 0 Å². The van der Waals surface area contributed by atoms with E-state index in [1.54, 1.807) is 25.2 Å². The van der Waals surface area contributed by atoms with Crippen molar-refractivity contribution in [2.24, 2.45) is 10.7 Å². The number of nitrogens with one attached hydrogen (secondary N) is 1. The second kappa shape index (κ2) is 6.13. The lowest BCUT2D eigenvalue weighted by Gasteiger charge is -2.25. The molecule has 0 saturated heterocycles. The van der Waals surface area contributed by atoms with Crippen LogP contribution in [0.2, 0.25) is 0 Å². The summed E-state index contributed by atoms with van der Waals surface area (Å²) >= 11 is 0. The number of hydrogen-bond donors (Lipinski definition) is 2. The molecule has 1 aromatic rings. The van der Waals surface area contributed by atoms with Crippen LogP contribution in [0.5, 0.6) is 0 Å². The maximum Gasteiger partial charge on any atom is 0.211 e. The quantitative estimate of drug-likeness (QED) is 0.818. The Balaban J connectivity index is 2.48. The minimum Gasteiger partial charge on any atom is -0.386 e. The average Bonchev–Trinajstić information content (AvgIpc) is 2.53. The molecule has 0 saturated carbocycles. The van der Waals surface area contributed by atoms with Crippen molar-refractivity contribution in [3.8, 4) is 0 Å². The molecule has 1 aliphatic rings. The molecule has 2 rings (SSSR count). The summed E-state index contributed by atoms with van der Waals surface area (Å²) in [6.45, 7) is 3.74. The highest BCUT2D eigenvalue weighted by Crippen LogP contribution is 2.30. The lowest BCUT2D eigenvalue weighted by atomic mass is 10.0. The van der Waals surface area contributed by atoms with Gasteiger partial charge in [-0.3, -0.25) is 9.79 Å². The van der Waals surface area contributed by atoms with Gasteiger partial charge in [0.05, 0.1) is 6.04 Å². The number of amidine groups is 1. The molecule has 1 aromatic carbocycles. The number of nitrogens with zero attached hydrogens (tertiary/aromatic N) is 2. The second-order valence-corrected chi connectivity index (χ2v) is 7.74. The van der Waals surface area contributed by atoms with Crippen molar-refractivity contribution in [1.82, 2.24) is 4.31 Å². The van der Waals surface area contributed by atoms with Crippen LogP contribution in [0.3, 0.4) is 0 Å². The van der Waals surface area contributed by atoms with Crippen LogP contribution in [0.15, 0.2) is 23.2 Å². The lowest BCUT2D eigenvalue weighted by Crippen LogP contribution is -2.45. The van der Waals surface area contributed by atoms with Crippen molar-refractivity contribution < 1.29 is 13.4 Å². The minimum absolute atomic E-state index is 0.216. The van der Waals surface area contributed by atoms with E-state index in [9.17, 15) is 13.4 Å². The van der Waals surface area contributed by atoms with E-state index in [2.05, 4.69) is 10.3 Å². The van der Waals surface area contributed by atoms with E-state index >= 15 is 0 Å². The Labute approximate surface area is 131 Å². The largest absolute Gasteiger partial charge is 0.386 e. The molecule has 3 N–H and O–H groups in total. The molecule has 120 valence electrons. The van der Waals surface area contributed by atoms with Gasteiger partial charge in [0.15, 0.2) is 0 Å². The van der Waals surface area contributed by atoms with Crippen molar-refractivity contribution in [3.05, 3.63) is 29.6 Å². The molecular weight excluding hydrogens is 307 g/mol. The number of carbonyl (C=O) groups excluding carboxylic acids is 1. The fourth-order valence-corrected chi connectivity index (χ4v) is 3.57. The molecule has 6 nitrogen and oxygen atoms in total. The summed E-state index contributed by atoms with van der Waals surface area (Å²) in [5.74, 6) is -0.231. The topological polar surface area (TPSA) is 87.8 Å². The number of nitrogens with two attached hydrogens (primary N) is 1. The molecule has 1 unspecified atom stereocenters. The number of rotatable bonds is 3. The molecule has 8 heteroatoms. The van der Waals surface area contributed by atoms with Crippen molar-refractivity contribution in [3.63, 3.8) is 0 Å². The molecule has 0 aromatic heterocycles. The highest BCUT2D eigenvalue weighted by atomic mass is 32.2. The number of carbonyl (C=O) groups is 1. The predicted molar refractivity (Wildman–Crippen MR) is 85.3 cm³/mol. The summed E-state index contributed by atoms with van der Waals surface area (Å²) in [4.78, 5) is 14.9. The Morgan fingerprint density at radius 1 is 1.55 bits per heavy atom. The van der Waals surface area contributed by atoms with Gasteiger partial charge >= 0.3 is 0 Å². The van der Waals surface area contributed by atoms with Gasteiger partial charge in [-0.1, -0.05) is 0 Å². The minimum atomic E-state index is -1.37. The van der Waals surface area contributed by atoms with Crippen LogP contribution < -0.4 is 11.1 Å². The van der Waals surface area contributed by atoms with Gasteiger partial charge in [-0.25, -0.2) is 12.9 Å². The van der Waals surface area contributed by atoms with E-state index in [-0.39, 0.29) is 12.4 Å². The maximum absolute atomic E-state index is 14.2. The first-order valence-corrected chi connectivity index (χ1v) is 7.84. The molecule has 1 aliphatic heterocycles. The van der Waals surface area contributed by atoms with Crippen LogP contribution in [0.4, 0.5) is 10.1 Å².